The highest BCUT2D eigenvalue weighted by Crippen LogP contribution is 2.55. The summed E-state index contributed by atoms with van der Waals surface area (Å²) in [5.74, 6) is 0.863. The number of hydrogen-bond acceptors (Lipinski definition) is 1. The number of allylic oxidation sites excluding steroid dienone is 2. The first-order valence-electron chi connectivity index (χ1n) is 5.01. The van der Waals surface area contributed by atoms with Crippen LogP contribution >= 0.6 is 0 Å². The van der Waals surface area contributed by atoms with Gasteiger partial charge in [-0.05, 0) is 36.1 Å². The summed E-state index contributed by atoms with van der Waals surface area (Å²) in [7, 11) is -0.234. The van der Waals surface area contributed by atoms with E-state index in [1.54, 1.807) is 0 Å². The smallest absolute Gasteiger partial charge is 0.153 e. The van der Waals surface area contributed by atoms with E-state index in [-0.39, 0.29) is 0 Å². The maximum Gasteiger partial charge on any atom is 0.153 e. The third-order valence-electron chi connectivity index (χ3n) is 3.95. The molecule has 4 unspecified atom stereocenters. The predicted octanol–water partition coefficient (Wildman–Crippen LogP) is 0.311. The van der Waals surface area contributed by atoms with Gasteiger partial charge < -0.3 is 4.80 Å². The topological polar surface area (TPSA) is 20.2 Å². The van der Waals surface area contributed by atoms with Gasteiger partial charge in [-0.2, -0.15) is 0 Å². The van der Waals surface area contributed by atoms with E-state index in [0.29, 0.717) is 11.0 Å². The first-order chi connectivity index (χ1) is 5.64. The fourth-order valence-corrected chi connectivity index (χ4v) is 6.20. The summed E-state index contributed by atoms with van der Waals surface area (Å²) in [6.45, 7) is 2.28. The highest BCUT2D eigenvalue weighted by atomic mass is 29.2. The molecule has 2 rings (SSSR count). The lowest BCUT2D eigenvalue weighted by Crippen LogP contribution is -2.31. The molecular formula is C9H18OSi2. The Morgan fingerprint density at radius 1 is 1.75 bits per heavy atom. The van der Waals surface area contributed by atoms with Crippen LogP contribution in [0.25, 0.3) is 0 Å². The number of fused-ring (bicyclic) bond motifs is 2. The van der Waals surface area contributed by atoms with E-state index in [4.69, 9.17) is 0 Å². The van der Waals surface area contributed by atoms with Crippen LogP contribution in [0, 0.1) is 11.3 Å². The molecule has 1 saturated carbocycles. The van der Waals surface area contributed by atoms with Crippen LogP contribution in [0.4, 0.5) is 0 Å². The van der Waals surface area contributed by atoms with Crippen molar-refractivity contribution < 1.29 is 4.80 Å². The summed E-state index contributed by atoms with van der Waals surface area (Å²) in [6, 6.07) is 0. The van der Waals surface area contributed by atoms with Crippen LogP contribution in [0.2, 0.25) is 5.54 Å². The predicted molar refractivity (Wildman–Crippen MR) is 57.6 cm³/mol. The third kappa shape index (κ3) is 1.15. The molecule has 0 saturated heterocycles. The van der Waals surface area contributed by atoms with E-state index >= 15 is 0 Å². The maximum absolute atomic E-state index is 9.76. The van der Waals surface area contributed by atoms with Gasteiger partial charge >= 0.3 is 0 Å². The summed E-state index contributed by atoms with van der Waals surface area (Å²) in [5, 5.41) is 0. The molecule has 3 heteroatoms. The molecule has 0 heterocycles. The zero-order chi connectivity index (χ0) is 8.77. The Balaban J connectivity index is 2.17. The number of rotatable bonds is 2. The summed E-state index contributed by atoms with van der Waals surface area (Å²) < 4.78 is 0. The van der Waals surface area contributed by atoms with Crippen molar-refractivity contribution in [2.24, 2.45) is 11.3 Å². The van der Waals surface area contributed by atoms with Crippen molar-refractivity contribution in [3.8, 4) is 0 Å². The summed E-state index contributed by atoms with van der Waals surface area (Å²) >= 11 is 0. The van der Waals surface area contributed by atoms with Crippen molar-refractivity contribution in [1.82, 2.24) is 0 Å². The molecule has 1 N–H and O–H groups in total. The highest BCUT2D eigenvalue weighted by molar-refractivity contribution is 6.99. The molecule has 1 nitrogen and oxygen atoms in total. The van der Waals surface area contributed by atoms with Crippen LogP contribution in [-0.4, -0.2) is 23.1 Å². The van der Waals surface area contributed by atoms with Crippen molar-refractivity contribution >= 4 is 18.3 Å². The quantitative estimate of drug-likeness (QED) is 0.500. The molecule has 0 radical (unpaired) electrons. The Hall–Kier alpha value is 0.134. The van der Waals surface area contributed by atoms with Crippen molar-refractivity contribution in [2.75, 3.05) is 0 Å². The maximum atomic E-state index is 9.76. The zero-order valence-electron chi connectivity index (χ0n) is 7.96. The fraction of sp³-hybridized carbons (Fsp3) is 0.778. The van der Waals surface area contributed by atoms with Crippen LogP contribution < -0.4 is 0 Å². The Labute approximate surface area is 78.8 Å². The van der Waals surface area contributed by atoms with E-state index in [2.05, 4.69) is 19.1 Å². The lowest BCUT2D eigenvalue weighted by molar-refractivity contribution is 0.364. The van der Waals surface area contributed by atoms with Crippen LogP contribution in [0.5, 0.6) is 0 Å². The second-order valence-corrected chi connectivity index (χ2v) is 10.7. The molecule has 0 spiro atoms. The molecule has 1 fully saturated rings. The second kappa shape index (κ2) is 2.82. The van der Waals surface area contributed by atoms with Gasteiger partial charge in [-0.1, -0.05) is 19.1 Å². The minimum atomic E-state index is -1.29. The van der Waals surface area contributed by atoms with Gasteiger partial charge in [0, 0.05) is 9.76 Å². The van der Waals surface area contributed by atoms with Crippen molar-refractivity contribution in [3.05, 3.63) is 12.2 Å². The summed E-state index contributed by atoms with van der Waals surface area (Å²) in [4.78, 5) is 9.76. The second-order valence-electron chi connectivity index (χ2n) is 4.62. The summed E-state index contributed by atoms with van der Waals surface area (Å²) in [6.07, 6.45) is 8.88. The largest absolute Gasteiger partial charge is 0.438 e. The third-order valence-corrected chi connectivity index (χ3v) is 9.06. The van der Waals surface area contributed by atoms with Crippen LogP contribution in [0.15, 0.2) is 12.2 Å². The van der Waals surface area contributed by atoms with Gasteiger partial charge in [-0.15, -0.1) is 0 Å². The normalized spacial score (nSPS) is 43.7. The lowest BCUT2D eigenvalue weighted by Gasteiger charge is -2.32. The molecule has 68 valence electrons. The monoisotopic (exact) mass is 198 g/mol. The van der Waals surface area contributed by atoms with Gasteiger partial charge in [0.2, 0.25) is 0 Å². The minimum absolute atomic E-state index is 0.456. The van der Waals surface area contributed by atoms with Gasteiger partial charge in [0.15, 0.2) is 8.56 Å². The van der Waals surface area contributed by atoms with Crippen molar-refractivity contribution in [3.63, 3.8) is 0 Å². The molecule has 0 aliphatic heterocycles. The van der Waals surface area contributed by atoms with Gasteiger partial charge in [-0.25, -0.2) is 0 Å². The average Bonchev–Trinajstić information content (AvgIpc) is 2.62. The molecule has 12 heavy (non-hydrogen) atoms. The van der Waals surface area contributed by atoms with Crippen molar-refractivity contribution in [2.45, 2.75) is 31.7 Å². The lowest BCUT2D eigenvalue weighted by atomic mass is 9.84. The standard InChI is InChI=1S/C9H18OSi2/c1-7(12(10)11)9-4-2-8(6-9)3-5-9/h2,4,7-8,10,12H,3,5-6H2,1,11H3. The summed E-state index contributed by atoms with van der Waals surface area (Å²) in [5.41, 5.74) is 1.09. The zero-order valence-corrected chi connectivity index (χ0v) is 11.1. The molecule has 2 bridgehead atoms. The molecular weight excluding hydrogens is 180 g/mol. The Bertz CT molecular complexity index is 215. The first-order valence-corrected chi connectivity index (χ1v) is 10.8. The Kier molecular flexibility index (Phi) is 2.05. The molecule has 2 aliphatic rings. The van der Waals surface area contributed by atoms with Crippen LogP contribution in [0.3, 0.4) is 0 Å². The van der Waals surface area contributed by atoms with E-state index in [9.17, 15) is 4.80 Å². The average molecular weight is 198 g/mol. The number of hydrogen-bond donors (Lipinski definition) is 1. The molecule has 0 amide bonds. The minimum Gasteiger partial charge on any atom is -0.438 e. The van der Waals surface area contributed by atoms with Gasteiger partial charge in [0.05, 0.1) is 0 Å². The van der Waals surface area contributed by atoms with Gasteiger partial charge in [0.1, 0.15) is 0 Å². The van der Waals surface area contributed by atoms with Crippen LogP contribution in [-0.2, 0) is 0 Å². The van der Waals surface area contributed by atoms with Crippen molar-refractivity contribution in [1.29, 1.82) is 0 Å². The first kappa shape index (κ1) is 8.72. The molecule has 2 aliphatic carbocycles. The van der Waals surface area contributed by atoms with Gasteiger partial charge in [-0.3, -0.25) is 0 Å². The molecule has 0 aromatic rings. The SMILES string of the molecule is CC([SiH](O)[SiH3])C12C=CC(CC1)C2. The fourth-order valence-electron chi connectivity index (χ4n) is 2.84. The molecule has 0 aromatic heterocycles. The van der Waals surface area contributed by atoms with E-state index < -0.39 is 8.56 Å². The molecule has 4 atom stereocenters. The Morgan fingerprint density at radius 2 is 2.50 bits per heavy atom. The van der Waals surface area contributed by atoms with Gasteiger partial charge in [0.25, 0.3) is 0 Å². The Morgan fingerprint density at radius 3 is 2.83 bits per heavy atom. The van der Waals surface area contributed by atoms with E-state index in [1.807, 2.05) is 0 Å². The van der Waals surface area contributed by atoms with E-state index in [0.717, 1.165) is 15.7 Å². The van der Waals surface area contributed by atoms with Crippen LogP contribution in [0.1, 0.15) is 26.2 Å². The highest BCUT2D eigenvalue weighted by Gasteiger charge is 2.45. The molecule has 0 aromatic carbocycles. The van der Waals surface area contributed by atoms with E-state index in [1.165, 1.54) is 19.3 Å².